The molecule has 5 nitrogen and oxygen atoms in total. The monoisotopic (exact) mass is 243 g/mol. The Hall–Kier alpha value is -1.56. The highest BCUT2D eigenvalue weighted by Crippen LogP contribution is 2.17. The van der Waals surface area contributed by atoms with Crippen LogP contribution >= 0.6 is 0 Å². The first-order valence-corrected chi connectivity index (χ1v) is 6.44. The molecule has 1 aromatic rings. The number of nitrogens with one attached hydrogen (secondary N) is 1. The number of hydrogen-bond acceptors (Lipinski definition) is 4. The molecule has 0 amide bonds. The van der Waals surface area contributed by atoms with Crippen LogP contribution in [0.3, 0.4) is 0 Å². The van der Waals surface area contributed by atoms with Crippen LogP contribution in [0.2, 0.25) is 0 Å². The van der Waals surface area contributed by atoms with Gasteiger partial charge in [-0.15, -0.1) is 0 Å². The average molecular weight is 243 g/mol. The minimum Gasteiger partial charge on any atom is -0.469 e. The number of carbonyl (C=O) groups is 1. The molecule has 0 bridgehead atoms. The summed E-state index contributed by atoms with van der Waals surface area (Å²) in [5.74, 6) is -0.414. The third kappa shape index (κ3) is 3.90. The zero-order chi connectivity index (χ0) is 12.2. The molecule has 0 fully saturated rings. The van der Waals surface area contributed by atoms with Crippen LogP contribution < -0.4 is 4.72 Å². The summed E-state index contributed by atoms with van der Waals surface area (Å²) in [5, 5.41) is 0. The van der Waals surface area contributed by atoms with Gasteiger partial charge in [-0.05, 0) is 11.6 Å². The summed E-state index contributed by atoms with van der Waals surface area (Å²) in [6.45, 7) is 0. The van der Waals surface area contributed by atoms with Gasteiger partial charge < -0.3 is 4.74 Å². The lowest BCUT2D eigenvalue weighted by Gasteiger charge is -2.09. The van der Waals surface area contributed by atoms with Crippen molar-refractivity contribution in [3.63, 3.8) is 0 Å². The number of sulfonamides is 1. The standard InChI is InChI=1S/C10H13NO4S/c1-15-10(12)7-8-5-3-4-6-9(8)11-16(2,13)14/h3-6,11H,7H2,1-2H3. The van der Waals surface area contributed by atoms with Crippen molar-refractivity contribution in [2.45, 2.75) is 6.42 Å². The van der Waals surface area contributed by atoms with Gasteiger partial charge in [-0.3, -0.25) is 9.52 Å². The maximum atomic E-state index is 11.1. The second kappa shape index (κ2) is 4.98. The Kier molecular flexibility index (Phi) is 3.89. The quantitative estimate of drug-likeness (QED) is 0.793. The first kappa shape index (κ1) is 12.5. The van der Waals surface area contributed by atoms with Crippen LogP contribution in [0.1, 0.15) is 5.56 Å². The van der Waals surface area contributed by atoms with E-state index in [0.29, 0.717) is 11.3 Å². The maximum absolute atomic E-state index is 11.1. The molecule has 1 aromatic carbocycles. The molecule has 0 aliphatic rings. The summed E-state index contributed by atoms with van der Waals surface area (Å²) in [5.41, 5.74) is 0.982. The fraction of sp³-hybridized carbons (Fsp3) is 0.300. The van der Waals surface area contributed by atoms with Gasteiger partial charge in [0.25, 0.3) is 0 Å². The fourth-order valence-corrected chi connectivity index (χ4v) is 1.80. The van der Waals surface area contributed by atoms with Crippen molar-refractivity contribution >= 4 is 21.7 Å². The van der Waals surface area contributed by atoms with Crippen LogP contribution in [-0.2, 0) is 26.0 Å². The normalized spacial score (nSPS) is 10.9. The predicted octanol–water partition coefficient (Wildman–Crippen LogP) is 0.774. The van der Waals surface area contributed by atoms with E-state index in [1.165, 1.54) is 7.11 Å². The summed E-state index contributed by atoms with van der Waals surface area (Å²) in [4.78, 5) is 11.1. The van der Waals surface area contributed by atoms with Gasteiger partial charge in [0.2, 0.25) is 10.0 Å². The number of methoxy groups -OCH3 is 1. The number of rotatable bonds is 4. The number of esters is 1. The number of benzene rings is 1. The summed E-state index contributed by atoms with van der Waals surface area (Å²) >= 11 is 0. The fourth-order valence-electron chi connectivity index (χ4n) is 1.20. The lowest BCUT2D eigenvalue weighted by Crippen LogP contribution is -2.13. The number of ether oxygens (including phenoxy) is 1. The van der Waals surface area contributed by atoms with E-state index in [1.54, 1.807) is 24.3 Å². The van der Waals surface area contributed by atoms with E-state index in [0.717, 1.165) is 6.26 Å². The van der Waals surface area contributed by atoms with Crippen LogP contribution in [-0.4, -0.2) is 27.8 Å². The van der Waals surface area contributed by atoms with Crippen LogP contribution in [0.4, 0.5) is 5.69 Å². The predicted molar refractivity (Wildman–Crippen MR) is 60.6 cm³/mol. The molecule has 0 unspecified atom stereocenters. The van der Waals surface area contributed by atoms with E-state index in [-0.39, 0.29) is 6.42 Å². The van der Waals surface area contributed by atoms with Crippen LogP contribution in [0, 0.1) is 0 Å². The molecule has 88 valence electrons. The van der Waals surface area contributed by atoms with Crippen LogP contribution in [0.25, 0.3) is 0 Å². The molecule has 0 aliphatic carbocycles. The van der Waals surface area contributed by atoms with E-state index < -0.39 is 16.0 Å². The van der Waals surface area contributed by atoms with E-state index >= 15 is 0 Å². The molecule has 1 rings (SSSR count). The molecule has 0 saturated heterocycles. The first-order valence-electron chi connectivity index (χ1n) is 4.55. The molecule has 0 radical (unpaired) electrons. The molecule has 16 heavy (non-hydrogen) atoms. The summed E-state index contributed by atoms with van der Waals surface area (Å²) < 4.78 is 29.0. The van der Waals surface area contributed by atoms with Crippen LogP contribution in [0.5, 0.6) is 0 Å². The number of hydrogen-bond donors (Lipinski definition) is 1. The number of anilines is 1. The second-order valence-electron chi connectivity index (χ2n) is 3.28. The Labute approximate surface area is 94.5 Å². The van der Waals surface area contributed by atoms with Gasteiger partial charge in [-0.25, -0.2) is 8.42 Å². The molecule has 0 atom stereocenters. The van der Waals surface area contributed by atoms with Gasteiger partial charge in [0.15, 0.2) is 0 Å². The summed E-state index contributed by atoms with van der Waals surface area (Å²) in [6.07, 6.45) is 1.09. The highest BCUT2D eigenvalue weighted by Gasteiger charge is 2.10. The molecule has 0 heterocycles. The van der Waals surface area contributed by atoms with Gasteiger partial charge in [0.1, 0.15) is 0 Å². The van der Waals surface area contributed by atoms with Crippen molar-refractivity contribution < 1.29 is 17.9 Å². The highest BCUT2D eigenvalue weighted by molar-refractivity contribution is 7.92. The molecular weight excluding hydrogens is 230 g/mol. The Morgan fingerprint density at radius 3 is 2.56 bits per heavy atom. The molecule has 0 spiro atoms. The van der Waals surface area contributed by atoms with Crippen LogP contribution in [0.15, 0.2) is 24.3 Å². The van der Waals surface area contributed by atoms with Crippen molar-refractivity contribution in [2.75, 3.05) is 18.1 Å². The Balaban J connectivity index is 2.96. The third-order valence-corrected chi connectivity index (χ3v) is 2.47. The van der Waals surface area contributed by atoms with Crippen molar-refractivity contribution in [1.82, 2.24) is 0 Å². The zero-order valence-electron chi connectivity index (χ0n) is 9.06. The molecule has 0 aromatic heterocycles. The van der Waals surface area contributed by atoms with Gasteiger partial charge in [-0.1, -0.05) is 18.2 Å². The SMILES string of the molecule is COC(=O)Cc1ccccc1NS(C)(=O)=O. The molecule has 0 saturated carbocycles. The minimum absolute atomic E-state index is 0.0369. The van der Waals surface area contributed by atoms with E-state index in [2.05, 4.69) is 9.46 Å². The zero-order valence-corrected chi connectivity index (χ0v) is 9.87. The van der Waals surface area contributed by atoms with Gasteiger partial charge >= 0.3 is 5.97 Å². The first-order chi connectivity index (χ1) is 7.42. The van der Waals surface area contributed by atoms with E-state index in [4.69, 9.17) is 0 Å². The lowest BCUT2D eigenvalue weighted by molar-refractivity contribution is -0.139. The minimum atomic E-state index is -3.34. The van der Waals surface area contributed by atoms with E-state index in [1.807, 2.05) is 0 Å². The molecular formula is C10H13NO4S. The Bertz CT molecular complexity index is 481. The molecule has 0 aliphatic heterocycles. The van der Waals surface area contributed by atoms with Crippen molar-refractivity contribution in [3.05, 3.63) is 29.8 Å². The Morgan fingerprint density at radius 1 is 1.38 bits per heavy atom. The second-order valence-corrected chi connectivity index (χ2v) is 5.03. The number of para-hydroxylation sites is 1. The van der Waals surface area contributed by atoms with Crippen molar-refractivity contribution in [3.8, 4) is 0 Å². The Morgan fingerprint density at radius 2 is 2.00 bits per heavy atom. The smallest absolute Gasteiger partial charge is 0.310 e. The van der Waals surface area contributed by atoms with E-state index in [9.17, 15) is 13.2 Å². The lowest BCUT2D eigenvalue weighted by atomic mass is 10.1. The summed E-state index contributed by atoms with van der Waals surface area (Å²) in [6, 6.07) is 6.68. The number of carbonyl (C=O) groups excluding carboxylic acids is 1. The summed E-state index contributed by atoms with van der Waals surface area (Å²) in [7, 11) is -2.06. The average Bonchev–Trinajstić information content (AvgIpc) is 2.18. The largest absolute Gasteiger partial charge is 0.469 e. The third-order valence-electron chi connectivity index (χ3n) is 1.88. The van der Waals surface area contributed by atoms with Gasteiger partial charge in [0, 0.05) is 0 Å². The van der Waals surface area contributed by atoms with Gasteiger partial charge in [0.05, 0.1) is 25.5 Å². The van der Waals surface area contributed by atoms with Crippen molar-refractivity contribution in [1.29, 1.82) is 0 Å². The topological polar surface area (TPSA) is 72.5 Å². The van der Waals surface area contributed by atoms with Gasteiger partial charge in [-0.2, -0.15) is 0 Å². The molecule has 1 N–H and O–H groups in total. The van der Waals surface area contributed by atoms with Crippen molar-refractivity contribution in [2.24, 2.45) is 0 Å². The molecule has 6 heteroatoms. The highest BCUT2D eigenvalue weighted by atomic mass is 32.2. The maximum Gasteiger partial charge on any atom is 0.310 e.